The fraction of sp³-hybridized carbons (Fsp3) is 0.750. The van der Waals surface area contributed by atoms with Crippen molar-refractivity contribution in [1.82, 2.24) is 9.78 Å². The predicted octanol–water partition coefficient (Wildman–Crippen LogP) is 2.16. The highest BCUT2D eigenvalue weighted by molar-refractivity contribution is 5.10. The molecule has 1 N–H and O–H groups in total. The normalized spacial score (nSPS) is 14.3. The van der Waals surface area contributed by atoms with Crippen LogP contribution < -0.4 is 0 Å². The van der Waals surface area contributed by atoms with E-state index in [4.69, 9.17) is 0 Å². The average Bonchev–Trinajstić information content (AvgIpc) is 2.44. The maximum Gasteiger partial charge on any atom is 0.0643 e. The molecule has 3 heteroatoms. The summed E-state index contributed by atoms with van der Waals surface area (Å²) in [6.45, 7) is 11.1. The van der Waals surface area contributed by atoms with Crippen LogP contribution in [-0.4, -0.2) is 21.0 Å². The van der Waals surface area contributed by atoms with Crippen LogP contribution in [0.15, 0.2) is 6.07 Å². The monoisotopic (exact) mass is 210 g/mol. The van der Waals surface area contributed by atoms with Gasteiger partial charge in [0.25, 0.3) is 0 Å². The summed E-state index contributed by atoms with van der Waals surface area (Å²) in [4.78, 5) is 0. The fourth-order valence-corrected chi connectivity index (χ4v) is 1.54. The van der Waals surface area contributed by atoms with Crippen molar-refractivity contribution in [3.05, 3.63) is 17.5 Å². The minimum absolute atomic E-state index is 0.0727. The third-order valence-corrected chi connectivity index (χ3v) is 2.69. The van der Waals surface area contributed by atoms with Crippen LogP contribution >= 0.6 is 0 Å². The predicted molar refractivity (Wildman–Crippen MR) is 61.8 cm³/mol. The van der Waals surface area contributed by atoms with E-state index >= 15 is 0 Å². The van der Waals surface area contributed by atoms with Gasteiger partial charge in [0.05, 0.1) is 11.8 Å². The summed E-state index contributed by atoms with van der Waals surface area (Å²) in [6.07, 6.45) is 0.358. The molecular formula is C12H22N2O. The lowest BCUT2D eigenvalue weighted by Gasteiger charge is -2.25. The number of aromatic nitrogens is 2. The van der Waals surface area contributed by atoms with Crippen molar-refractivity contribution in [3.63, 3.8) is 0 Å². The summed E-state index contributed by atoms with van der Waals surface area (Å²) in [6, 6.07) is 2.05. The molecule has 15 heavy (non-hydrogen) atoms. The molecule has 0 fully saturated rings. The lowest BCUT2D eigenvalue weighted by Crippen LogP contribution is -2.29. The molecule has 0 radical (unpaired) electrons. The van der Waals surface area contributed by atoms with Crippen LogP contribution in [-0.2, 0) is 13.0 Å². The van der Waals surface area contributed by atoms with Gasteiger partial charge in [0.2, 0.25) is 0 Å². The lowest BCUT2D eigenvalue weighted by molar-refractivity contribution is 0.0618. The number of aliphatic hydroxyl groups excluding tert-OH is 1. The van der Waals surface area contributed by atoms with Gasteiger partial charge in [-0.25, -0.2) is 0 Å². The van der Waals surface area contributed by atoms with Gasteiger partial charge in [-0.05, 0) is 25.3 Å². The van der Waals surface area contributed by atoms with Gasteiger partial charge in [0.1, 0.15) is 0 Å². The van der Waals surface area contributed by atoms with Crippen molar-refractivity contribution in [3.8, 4) is 0 Å². The smallest absolute Gasteiger partial charge is 0.0643 e. The maximum atomic E-state index is 10.0. The molecule has 0 spiro atoms. The van der Waals surface area contributed by atoms with Gasteiger partial charge in [-0.15, -0.1) is 0 Å². The third kappa shape index (κ3) is 3.06. The van der Waals surface area contributed by atoms with E-state index in [-0.39, 0.29) is 11.5 Å². The second-order valence-corrected chi connectivity index (χ2v) is 5.18. The van der Waals surface area contributed by atoms with E-state index in [1.165, 1.54) is 0 Å². The quantitative estimate of drug-likeness (QED) is 0.830. The Balaban J connectivity index is 2.80. The highest BCUT2D eigenvalue weighted by Crippen LogP contribution is 2.22. The third-order valence-electron chi connectivity index (χ3n) is 2.69. The van der Waals surface area contributed by atoms with E-state index in [0.29, 0.717) is 6.42 Å². The van der Waals surface area contributed by atoms with Gasteiger partial charge >= 0.3 is 0 Å². The highest BCUT2D eigenvalue weighted by Gasteiger charge is 2.23. The summed E-state index contributed by atoms with van der Waals surface area (Å²) in [5.74, 6) is 0. The van der Waals surface area contributed by atoms with Crippen molar-refractivity contribution in [2.45, 2.75) is 53.7 Å². The first kappa shape index (κ1) is 12.2. The molecule has 1 aromatic rings. The number of hydrogen-bond acceptors (Lipinski definition) is 2. The lowest BCUT2D eigenvalue weighted by atomic mass is 9.86. The summed E-state index contributed by atoms with van der Waals surface area (Å²) >= 11 is 0. The van der Waals surface area contributed by atoms with Gasteiger partial charge in [-0.3, -0.25) is 4.68 Å². The SMILES string of the molecule is CCn1nc(C)cc1CC(O)C(C)(C)C. The minimum atomic E-state index is -0.320. The van der Waals surface area contributed by atoms with E-state index in [2.05, 4.69) is 38.9 Å². The van der Waals surface area contributed by atoms with Gasteiger partial charge in [0.15, 0.2) is 0 Å². The fourth-order valence-electron chi connectivity index (χ4n) is 1.54. The Kier molecular flexibility index (Phi) is 3.55. The molecule has 0 aliphatic heterocycles. The molecule has 0 saturated carbocycles. The van der Waals surface area contributed by atoms with Crippen LogP contribution in [0.3, 0.4) is 0 Å². The number of nitrogens with zero attached hydrogens (tertiary/aromatic N) is 2. The Morgan fingerprint density at radius 3 is 2.53 bits per heavy atom. The summed E-state index contributed by atoms with van der Waals surface area (Å²) in [7, 11) is 0. The molecule has 86 valence electrons. The van der Waals surface area contributed by atoms with Crippen LogP contribution in [0.2, 0.25) is 0 Å². The largest absolute Gasteiger partial charge is 0.392 e. The number of aryl methyl sites for hydroxylation is 2. The summed E-state index contributed by atoms with van der Waals surface area (Å²) in [5, 5.41) is 14.4. The van der Waals surface area contributed by atoms with E-state index in [0.717, 1.165) is 17.9 Å². The maximum absolute atomic E-state index is 10.0. The first-order chi connectivity index (χ1) is 6.84. The van der Waals surface area contributed by atoms with Crippen LogP contribution in [0.5, 0.6) is 0 Å². The number of rotatable bonds is 3. The molecule has 0 aliphatic rings. The molecule has 0 aromatic carbocycles. The molecule has 0 saturated heterocycles. The first-order valence-electron chi connectivity index (χ1n) is 5.56. The van der Waals surface area contributed by atoms with Crippen LogP contribution in [0.1, 0.15) is 39.1 Å². The van der Waals surface area contributed by atoms with Gasteiger partial charge in [0, 0.05) is 18.7 Å². The van der Waals surface area contributed by atoms with Crippen LogP contribution in [0.25, 0.3) is 0 Å². The number of hydrogen-bond donors (Lipinski definition) is 1. The van der Waals surface area contributed by atoms with E-state index in [1.54, 1.807) is 0 Å². The first-order valence-corrected chi connectivity index (χ1v) is 5.56. The standard InChI is InChI=1S/C12H22N2O/c1-6-14-10(7-9(2)13-14)8-11(15)12(3,4)5/h7,11,15H,6,8H2,1-5H3. The summed E-state index contributed by atoms with van der Waals surface area (Å²) in [5.41, 5.74) is 2.07. The molecule has 0 bridgehead atoms. The molecule has 0 amide bonds. The Morgan fingerprint density at radius 2 is 2.07 bits per heavy atom. The molecule has 1 heterocycles. The van der Waals surface area contributed by atoms with Gasteiger partial charge in [-0.2, -0.15) is 5.10 Å². The van der Waals surface area contributed by atoms with E-state index in [1.807, 2.05) is 11.6 Å². The van der Waals surface area contributed by atoms with Crippen molar-refractivity contribution in [2.75, 3.05) is 0 Å². The van der Waals surface area contributed by atoms with Gasteiger partial charge < -0.3 is 5.11 Å². The van der Waals surface area contributed by atoms with Crippen molar-refractivity contribution in [1.29, 1.82) is 0 Å². The molecule has 1 rings (SSSR count). The summed E-state index contributed by atoms with van der Waals surface area (Å²) < 4.78 is 1.96. The van der Waals surface area contributed by atoms with Crippen molar-refractivity contribution < 1.29 is 5.11 Å². The van der Waals surface area contributed by atoms with Crippen molar-refractivity contribution >= 4 is 0 Å². The Morgan fingerprint density at radius 1 is 1.47 bits per heavy atom. The average molecular weight is 210 g/mol. The highest BCUT2D eigenvalue weighted by atomic mass is 16.3. The Labute approximate surface area is 92.1 Å². The molecule has 1 atom stereocenters. The zero-order valence-electron chi connectivity index (χ0n) is 10.4. The second-order valence-electron chi connectivity index (χ2n) is 5.18. The van der Waals surface area contributed by atoms with Crippen molar-refractivity contribution in [2.24, 2.45) is 5.41 Å². The topological polar surface area (TPSA) is 38.0 Å². The zero-order valence-corrected chi connectivity index (χ0v) is 10.4. The molecule has 1 aromatic heterocycles. The second kappa shape index (κ2) is 4.35. The molecule has 1 unspecified atom stereocenters. The van der Waals surface area contributed by atoms with Crippen LogP contribution in [0, 0.1) is 12.3 Å². The zero-order chi connectivity index (χ0) is 11.6. The molecule has 0 aliphatic carbocycles. The Bertz CT molecular complexity index is 323. The molecular weight excluding hydrogens is 188 g/mol. The number of aliphatic hydroxyl groups is 1. The Hall–Kier alpha value is -0.830. The van der Waals surface area contributed by atoms with E-state index in [9.17, 15) is 5.11 Å². The molecule has 3 nitrogen and oxygen atoms in total. The van der Waals surface area contributed by atoms with Gasteiger partial charge in [-0.1, -0.05) is 20.8 Å². The van der Waals surface area contributed by atoms with Crippen LogP contribution in [0.4, 0.5) is 0 Å². The minimum Gasteiger partial charge on any atom is -0.392 e. The van der Waals surface area contributed by atoms with E-state index < -0.39 is 0 Å².